The molecule has 1 atom stereocenters. The zero-order chi connectivity index (χ0) is 19.3. The van der Waals surface area contributed by atoms with Crippen LogP contribution in [-0.4, -0.2) is 59.3 Å². The average molecular weight is 379 g/mol. The normalized spacial score (nSPS) is 17.9. The third kappa shape index (κ3) is 5.64. The molecule has 1 N–H and O–H groups in total. The number of aromatic nitrogens is 1. The van der Waals surface area contributed by atoms with Crippen LogP contribution in [0.3, 0.4) is 0 Å². The van der Waals surface area contributed by atoms with Crippen LogP contribution in [0.5, 0.6) is 0 Å². The topological polar surface area (TPSA) is 65.5 Å². The molecule has 144 valence electrons. The number of amides is 2. The van der Waals surface area contributed by atoms with Crippen LogP contribution in [0.2, 0.25) is 0 Å². The summed E-state index contributed by atoms with van der Waals surface area (Å²) in [6.45, 7) is 10.9. The maximum atomic E-state index is 12.7. The van der Waals surface area contributed by atoms with Gasteiger partial charge in [0.25, 0.3) is 0 Å². The SMILES string of the molecule is CC(C)=CCN1CCNC(=O)[C@@H]1CC(=O)N(C)Cc1csc(C(C)C)n1. The minimum Gasteiger partial charge on any atom is -0.353 e. The predicted octanol–water partition coefficient (Wildman–Crippen LogP) is 2.38. The number of nitrogens with one attached hydrogen (secondary N) is 1. The molecule has 2 rings (SSSR count). The predicted molar refractivity (Wildman–Crippen MR) is 105 cm³/mol. The van der Waals surface area contributed by atoms with Crippen molar-refractivity contribution >= 4 is 23.2 Å². The second kappa shape index (κ2) is 9.28. The molecule has 7 heteroatoms. The third-order valence-corrected chi connectivity index (χ3v) is 5.63. The Bertz CT molecular complexity index is 664. The molecule has 1 aromatic rings. The van der Waals surface area contributed by atoms with Crippen molar-refractivity contribution in [3.05, 3.63) is 27.7 Å². The number of hydrogen-bond acceptors (Lipinski definition) is 5. The van der Waals surface area contributed by atoms with E-state index in [1.165, 1.54) is 5.57 Å². The quantitative estimate of drug-likeness (QED) is 0.740. The lowest BCUT2D eigenvalue weighted by atomic mass is 10.1. The van der Waals surface area contributed by atoms with Gasteiger partial charge in [0.05, 0.1) is 29.7 Å². The number of carbonyl (C=O) groups is 2. The van der Waals surface area contributed by atoms with Crippen molar-refractivity contribution in [1.82, 2.24) is 20.1 Å². The van der Waals surface area contributed by atoms with Gasteiger partial charge >= 0.3 is 0 Å². The molecule has 2 amide bonds. The molecule has 1 aliphatic rings. The van der Waals surface area contributed by atoms with Crippen molar-refractivity contribution in [2.24, 2.45) is 0 Å². The summed E-state index contributed by atoms with van der Waals surface area (Å²) in [6.07, 6.45) is 2.29. The summed E-state index contributed by atoms with van der Waals surface area (Å²) >= 11 is 1.63. The summed E-state index contributed by atoms with van der Waals surface area (Å²) in [5.74, 6) is 0.300. The molecule has 6 nitrogen and oxygen atoms in total. The van der Waals surface area contributed by atoms with Gasteiger partial charge in [-0.05, 0) is 13.8 Å². The lowest BCUT2D eigenvalue weighted by Crippen LogP contribution is -2.56. The molecule has 26 heavy (non-hydrogen) atoms. The summed E-state index contributed by atoms with van der Waals surface area (Å²) in [5.41, 5.74) is 2.12. The zero-order valence-corrected chi connectivity index (χ0v) is 17.2. The molecule has 1 aromatic heterocycles. The summed E-state index contributed by atoms with van der Waals surface area (Å²) in [6, 6.07) is -0.407. The Labute approximate surface area is 160 Å². The first-order chi connectivity index (χ1) is 12.3. The highest BCUT2D eigenvalue weighted by Crippen LogP contribution is 2.20. The van der Waals surface area contributed by atoms with Crippen LogP contribution < -0.4 is 5.32 Å². The molecular formula is C19H30N4O2S. The highest BCUT2D eigenvalue weighted by Gasteiger charge is 2.31. The summed E-state index contributed by atoms with van der Waals surface area (Å²) in [4.78, 5) is 33.3. The van der Waals surface area contributed by atoms with Crippen molar-refractivity contribution in [1.29, 1.82) is 0 Å². The van der Waals surface area contributed by atoms with Gasteiger partial charge in [0, 0.05) is 38.0 Å². The van der Waals surface area contributed by atoms with Crippen LogP contribution in [0, 0.1) is 0 Å². The van der Waals surface area contributed by atoms with Crippen molar-refractivity contribution in [3.63, 3.8) is 0 Å². The Morgan fingerprint density at radius 1 is 1.50 bits per heavy atom. The Morgan fingerprint density at radius 2 is 2.23 bits per heavy atom. The second-order valence-corrected chi connectivity index (χ2v) is 8.26. The maximum Gasteiger partial charge on any atom is 0.237 e. The Balaban J connectivity index is 1.97. The molecule has 0 saturated carbocycles. The van der Waals surface area contributed by atoms with E-state index in [1.807, 2.05) is 19.2 Å². The first kappa shape index (κ1) is 20.6. The van der Waals surface area contributed by atoms with Crippen LogP contribution in [0.25, 0.3) is 0 Å². The fourth-order valence-electron chi connectivity index (χ4n) is 2.82. The van der Waals surface area contributed by atoms with E-state index in [-0.39, 0.29) is 18.2 Å². The lowest BCUT2D eigenvalue weighted by molar-refractivity contribution is -0.138. The minimum atomic E-state index is -0.407. The molecule has 0 bridgehead atoms. The molecule has 2 heterocycles. The van der Waals surface area contributed by atoms with Crippen molar-refractivity contribution in [2.45, 2.75) is 52.6 Å². The highest BCUT2D eigenvalue weighted by atomic mass is 32.1. The fourth-order valence-corrected chi connectivity index (χ4v) is 3.64. The lowest BCUT2D eigenvalue weighted by Gasteiger charge is -2.34. The number of thiazole rings is 1. The van der Waals surface area contributed by atoms with Gasteiger partial charge < -0.3 is 10.2 Å². The maximum absolute atomic E-state index is 12.7. The van der Waals surface area contributed by atoms with Crippen LogP contribution >= 0.6 is 11.3 Å². The Hall–Kier alpha value is -1.73. The molecule has 0 radical (unpaired) electrons. The standard InChI is InChI=1S/C19H30N4O2S/c1-13(2)6-8-23-9-7-20-18(25)16(23)10-17(24)22(5)11-15-12-26-19(21-15)14(3)4/h6,12,14,16H,7-11H2,1-5H3,(H,20,25)/t16-/m0/s1. The van der Waals surface area contributed by atoms with Gasteiger partial charge in [0.1, 0.15) is 0 Å². The number of nitrogens with zero attached hydrogens (tertiary/aromatic N) is 3. The second-order valence-electron chi connectivity index (χ2n) is 7.37. The first-order valence-corrected chi connectivity index (χ1v) is 9.99. The number of rotatable bonds is 7. The third-order valence-electron chi connectivity index (χ3n) is 4.43. The number of hydrogen-bond donors (Lipinski definition) is 1. The van der Waals surface area contributed by atoms with Gasteiger partial charge in [-0.15, -0.1) is 11.3 Å². The Morgan fingerprint density at radius 3 is 2.85 bits per heavy atom. The summed E-state index contributed by atoms with van der Waals surface area (Å²) < 4.78 is 0. The number of allylic oxidation sites excluding steroid dienone is 1. The smallest absolute Gasteiger partial charge is 0.237 e. The summed E-state index contributed by atoms with van der Waals surface area (Å²) in [7, 11) is 1.78. The zero-order valence-electron chi connectivity index (χ0n) is 16.4. The van der Waals surface area contributed by atoms with Gasteiger partial charge in [-0.1, -0.05) is 25.5 Å². The number of carbonyl (C=O) groups excluding carboxylic acids is 2. The largest absolute Gasteiger partial charge is 0.353 e. The minimum absolute atomic E-state index is 0.0339. The van der Waals surface area contributed by atoms with E-state index < -0.39 is 6.04 Å². The summed E-state index contributed by atoms with van der Waals surface area (Å²) in [5, 5.41) is 5.97. The van der Waals surface area contributed by atoms with E-state index in [4.69, 9.17) is 0 Å². The van der Waals surface area contributed by atoms with E-state index >= 15 is 0 Å². The molecule has 1 saturated heterocycles. The van der Waals surface area contributed by atoms with E-state index in [0.717, 1.165) is 17.2 Å². The van der Waals surface area contributed by atoms with E-state index in [2.05, 4.69) is 35.1 Å². The molecule has 0 spiro atoms. The molecular weight excluding hydrogens is 348 g/mol. The van der Waals surface area contributed by atoms with Gasteiger partial charge in [-0.25, -0.2) is 4.98 Å². The molecule has 0 aromatic carbocycles. The van der Waals surface area contributed by atoms with Crippen LogP contribution in [0.4, 0.5) is 0 Å². The van der Waals surface area contributed by atoms with Crippen molar-refractivity contribution < 1.29 is 9.59 Å². The van der Waals surface area contributed by atoms with Gasteiger partial charge in [-0.2, -0.15) is 0 Å². The first-order valence-electron chi connectivity index (χ1n) is 9.11. The van der Waals surface area contributed by atoms with E-state index in [0.29, 0.717) is 25.6 Å². The van der Waals surface area contributed by atoms with Gasteiger partial charge in [0.15, 0.2) is 0 Å². The van der Waals surface area contributed by atoms with E-state index in [1.54, 1.807) is 23.3 Å². The van der Waals surface area contributed by atoms with Gasteiger partial charge in [-0.3, -0.25) is 14.5 Å². The molecule has 1 aliphatic heterocycles. The van der Waals surface area contributed by atoms with Crippen LogP contribution in [0.15, 0.2) is 17.0 Å². The highest BCUT2D eigenvalue weighted by molar-refractivity contribution is 7.09. The van der Waals surface area contributed by atoms with Crippen LogP contribution in [-0.2, 0) is 16.1 Å². The monoisotopic (exact) mass is 378 g/mol. The number of piperazine rings is 1. The molecule has 0 unspecified atom stereocenters. The Kier molecular flexibility index (Phi) is 7.34. The van der Waals surface area contributed by atoms with Crippen molar-refractivity contribution in [2.75, 3.05) is 26.7 Å². The molecule has 0 aliphatic carbocycles. The fraction of sp³-hybridized carbons (Fsp3) is 0.632. The van der Waals surface area contributed by atoms with Crippen molar-refractivity contribution in [3.8, 4) is 0 Å². The van der Waals surface area contributed by atoms with Crippen LogP contribution in [0.1, 0.15) is 50.7 Å². The van der Waals surface area contributed by atoms with Gasteiger partial charge in [0.2, 0.25) is 11.8 Å². The average Bonchev–Trinajstić information content (AvgIpc) is 3.04. The van der Waals surface area contributed by atoms with E-state index in [9.17, 15) is 9.59 Å². The molecule has 1 fully saturated rings.